The Morgan fingerprint density at radius 3 is 2.54 bits per heavy atom. The van der Waals surface area contributed by atoms with Crippen LogP contribution in [-0.4, -0.2) is 36.9 Å². The molecule has 0 aliphatic rings. The molecule has 0 atom stereocenters. The van der Waals surface area contributed by atoms with E-state index in [0.29, 0.717) is 23.1 Å². The largest absolute Gasteiger partial charge is 0.493 e. The second-order valence-corrected chi connectivity index (χ2v) is 5.99. The van der Waals surface area contributed by atoms with Crippen molar-refractivity contribution in [3.05, 3.63) is 65.2 Å². The van der Waals surface area contributed by atoms with Crippen molar-refractivity contribution in [3.63, 3.8) is 0 Å². The molecule has 2 rings (SSSR count). The van der Waals surface area contributed by atoms with Gasteiger partial charge in [-0.1, -0.05) is 29.8 Å². The van der Waals surface area contributed by atoms with Gasteiger partial charge in [-0.2, -0.15) is 0 Å². The number of likely N-dealkylation sites (N-methyl/N-ethyl adjacent to an activating group) is 1. The van der Waals surface area contributed by atoms with E-state index in [9.17, 15) is 9.59 Å². The summed E-state index contributed by atoms with van der Waals surface area (Å²) in [6.45, 7) is 2.39. The smallest absolute Gasteiger partial charge is 0.246 e. The molecule has 2 amide bonds. The summed E-state index contributed by atoms with van der Waals surface area (Å²) >= 11 is 5.81. The summed E-state index contributed by atoms with van der Waals surface area (Å²) in [4.78, 5) is 25.6. The fourth-order valence-electron chi connectivity index (χ4n) is 2.22. The maximum Gasteiger partial charge on any atom is 0.246 e. The van der Waals surface area contributed by atoms with Gasteiger partial charge in [0.05, 0.1) is 13.2 Å². The average Bonchev–Trinajstić information content (AvgIpc) is 2.62. The Bertz CT molecular complexity index is 788. The first kappa shape index (κ1) is 19.5. The molecule has 5 nitrogen and oxygen atoms in total. The number of nitrogens with one attached hydrogen (secondary N) is 1. The molecule has 6 heteroatoms. The SMILES string of the molecule is CCOc1ccccc1/C=C/C(=O)N(C)CC(=O)Nc1ccc(Cl)cc1. The maximum absolute atomic E-state index is 12.2. The lowest BCUT2D eigenvalue weighted by Gasteiger charge is -2.15. The number of hydrogen-bond donors (Lipinski definition) is 1. The molecule has 1 N–H and O–H groups in total. The molecule has 0 bridgehead atoms. The highest BCUT2D eigenvalue weighted by Crippen LogP contribution is 2.19. The minimum atomic E-state index is -0.286. The summed E-state index contributed by atoms with van der Waals surface area (Å²) in [5.41, 5.74) is 1.43. The van der Waals surface area contributed by atoms with E-state index < -0.39 is 0 Å². The van der Waals surface area contributed by atoms with Gasteiger partial charge in [0.25, 0.3) is 0 Å². The van der Waals surface area contributed by atoms with E-state index in [1.54, 1.807) is 37.4 Å². The quantitative estimate of drug-likeness (QED) is 0.751. The van der Waals surface area contributed by atoms with Crippen LogP contribution < -0.4 is 10.1 Å². The number of rotatable bonds is 7. The van der Waals surface area contributed by atoms with E-state index in [2.05, 4.69) is 5.32 Å². The highest BCUT2D eigenvalue weighted by molar-refractivity contribution is 6.30. The molecule has 2 aromatic rings. The number of benzene rings is 2. The van der Waals surface area contributed by atoms with Crippen LogP contribution in [0.3, 0.4) is 0 Å². The number of ether oxygens (including phenoxy) is 1. The van der Waals surface area contributed by atoms with Crippen LogP contribution in [0.15, 0.2) is 54.6 Å². The fraction of sp³-hybridized carbons (Fsp3) is 0.200. The molecule has 136 valence electrons. The number of carbonyl (C=O) groups excluding carboxylic acids is 2. The zero-order valence-electron chi connectivity index (χ0n) is 14.7. The van der Waals surface area contributed by atoms with Gasteiger partial charge in [-0.3, -0.25) is 9.59 Å². The molecular weight excluding hydrogens is 352 g/mol. The molecule has 0 unspecified atom stereocenters. The third kappa shape index (κ3) is 5.93. The Kier molecular flexibility index (Phi) is 7.24. The lowest BCUT2D eigenvalue weighted by molar-refractivity contribution is -0.129. The number of carbonyl (C=O) groups is 2. The first-order valence-electron chi connectivity index (χ1n) is 8.20. The Morgan fingerprint density at radius 2 is 1.85 bits per heavy atom. The minimum absolute atomic E-state index is 0.0566. The van der Waals surface area contributed by atoms with Gasteiger partial charge in [0.1, 0.15) is 5.75 Å². The summed E-state index contributed by atoms with van der Waals surface area (Å²) in [5, 5.41) is 3.31. The number of nitrogens with zero attached hydrogens (tertiary/aromatic N) is 1. The topological polar surface area (TPSA) is 58.6 Å². The second kappa shape index (κ2) is 9.63. The van der Waals surface area contributed by atoms with Gasteiger partial charge in [0.2, 0.25) is 11.8 Å². The van der Waals surface area contributed by atoms with Crippen LogP contribution in [0.5, 0.6) is 5.75 Å². The Balaban J connectivity index is 1.92. The predicted molar refractivity (Wildman–Crippen MR) is 104 cm³/mol. The van der Waals surface area contributed by atoms with Crippen molar-refractivity contribution in [2.24, 2.45) is 0 Å². The van der Waals surface area contributed by atoms with Crippen molar-refractivity contribution in [1.29, 1.82) is 0 Å². The van der Waals surface area contributed by atoms with Crippen molar-refractivity contribution < 1.29 is 14.3 Å². The minimum Gasteiger partial charge on any atom is -0.493 e. The van der Waals surface area contributed by atoms with Gasteiger partial charge in [-0.25, -0.2) is 0 Å². The molecule has 0 aliphatic heterocycles. The van der Waals surface area contributed by atoms with E-state index >= 15 is 0 Å². The Hall–Kier alpha value is -2.79. The number of amides is 2. The first-order chi connectivity index (χ1) is 12.5. The van der Waals surface area contributed by atoms with Crippen LogP contribution in [0, 0.1) is 0 Å². The molecule has 26 heavy (non-hydrogen) atoms. The summed E-state index contributed by atoms with van der Waals surface area (Å²) in [6, 6.07) is 14.2. The summed E-state index contributed by atoms with van der Waals surface area (Å²) < 4.78 is 5.52. The lowest BCUT2D eigenvalue weighted by atomic mass is 10.2. The van der Waals surface area contributed by atoms with Gasteiger partial charge in [0, 0.05) is 29.4 Å². The van der Waals surface area contributed by atoms with E-state index in [1.807, 2.05) is 31.2 Å². The van der Waals surface area contributed by atoms with Crippen molar-refractivity contribution in [2.45, 2.75) is 6.92 Å². The number of halogens is 1. The first-order valence-corrected chi connectivity index (χ1v) is 8.58. The lowest BCUT2D eigenvalue weighted by Crippen LogP contribution is -2.33. The van der Waals surface area contributed by atoms with Crippen LogP contribution >= 0.6 is 11.6 Å². The van der Waals surface area contributed by atoms with Crippen LogP contribution in [0.2, 0.25) is 5.02 Å². The summed E-state index contributed by atoms with van der Waals surface area (Å²) in [5.74, 6) is 0.149. The second-order valence-electron chi connectivity index (χ2n) is 5.55. The molecule has 0 aliphatic carbocycles. The summed E-state index contributed by atoms with van der Waals surface area (Å²) in [7, 11) is 1.57. The molecule has 0 saturated heterocycles. The monoisotopic (exact) mass is 372 g/mol. The predicted octanol–water partition coefficient (Wildman–Crippen LogP) is 3.85. The normalized spacial score (nSPS) is 10.6. The van der Waals surface area contributed by atoms with Gasteiger partial charge < -0.3 is 15.0 Å². The zero-order chi connectivity index (χ0) is 18.9. The Morgan fingerprint density at radius 1 is 1.15 bits per heavy atom. The molecule has 0 fully saturated rings. The van der Waals surface area contributed by atoms with E-state index in [1.165, 1.54) is 11.0 Å². The average molecular weight is 373 g/mol. The molecule has 0 heterocycles. The van der Waals surface area contributed by atoms with Gasteiger partial charge in [-0.05, 0) is 43.3 Å². The highest BCUT2D eigenvalue weighted by atomic mass is 35.5. The van der Waals surface area contributed by atoms with E-state index in [-0.39, 0.29) is 18.4 Å². The standard InChI is InChI=1S/C20H21ClN2O3/c1-3-26-18-7-5-4-6-15(18)8-13-20(25)23(2)14-19(24)22-17-11-9-16(21)10-12-17/h4-13H,3,14H2,1-2H3,(H,22,24)/b13-8+. The number of anilines is 1. The summed E-state index contributed by atoms with van der Waals surface area (Å²) in [6.07, 6.45) is 3.11. The van der Waals surface area contributed by atoms with Crippen LogP contribution in [0.25, 0.3) is 6.08 Å². The molecular formula is C20H21ClN2O3. The van der Waals surface area contributed by atoms with Crippen molar-refractivity contribution in [1.82, 2.24) is 4.90 Å². The van der Waals surface area contributed by atoms with E-state index in [0.717, 1.165) is 5.56 Å². The fourth-order valence-corrected chi connectivity index (χ4v) is 2.35. The van der Waals surface area contributed by atoms with Gasteiger partial charge in [-0.15, -0.1) is 0 Å². The number of para-hydroxylation sites is 1. The van der Waals surface area contributed by atoms with E-state index in [4.69, 9.17) is 16.3 Å². The van der Waals surface area contributed by atoms with Crippen molar-refractivity contribution in [3.8, 4) is 5.75 Å². The van der Waals surface area contributed by atoms with Gasteiger partial charge in [0.15, 0.2) is 0 Å². The number of hydrogen-bond acceptors (Lipinski definition) is 3. The molecule has 0 radical (unpaired) electrons. The molecule has 0 aromatic heterocycles. The molecule has 2 aromatic carbocycles. The molecule has 0 saturated carbocycles. The van der Waals surface area contributed by atoms with Crippen molar-refractivity contribution >= 4 is 35.2 Å². The van der Waals surface area contributed by atoms with Crippen LogP contribution in [0.1, 0.15) is 12.5 Å². The third-order valence-corrected chi connectivity index (χ3v) is 3.76. The van der Waals surface area contributed by atoms with Crippen LogP contribution in [0.4, 0.5) is 5.69 Å². The Labute approximate surface area is 158 Å². The van der Waals surface area contributed by atoms with Crippen LogP contribution in [-0.2, 0) is 9.59 Å². The van der Waals surface area contributed by atoms with Crippen molar-refractivity contribution in [2.75, 3.05) is 25.5 Å². The van der Waals surface area contributed by atoms with Gasteiger partial charge >= 0.3 is 0 Å². The highest BCUT2D eigenvalue weighted by Gasteiger charge is 2.11. The zero-order valence-corrected chi connectivity index (χ0v) is 15.5. The molecule has 0 spiro atoms. The third-order valence-electron chi connectivity index (χ3n) is 3.51. The maximum atomic E-state index is 12.2.